The van der Waals surface area contributed by atoms with E-state index < -0.39 is 70.4 Å². The molecule has 2 saturated heterocycles. The maximum atomic E-state index is 15.3. The lowest BCUT2D eigenvalue weighted by Gasteiger charge is -2.50. The van der Waals surface area contributed by atoms with E-state index in [0.29, 0.717) is 27.9 Å². The highest BCUT2D eigenvalue weighted by Gasteiger charge is 2.70. The number of allylic oxidation sites excluding steroid dienone is 2. The molecule has 0 radical (unpaired) electrons. The van der Waals surface area contributed by atoms with E-state index >= 15 is 4.79 Å². The molecule has 4 amide bonds. The molecule has 11 heteroatoms. The first kappa shape index (κ1) is 33.9. The predicted octanol–water partition coefficient (Wildman–Crippen LogP) is 5.91. The van der Waals surface area contributed by atoms with Crippen LogP contribution in [0.15, 0.2) is 96.6 Å². The molecule has 6 atom stereocenters. The molecule has 8 rings (SSSR count). The van der Waals surface area contributed by atoms with Crippen LogP contribution in [-0.2, 0) is 24.6 Å². The standard InChI is InChI=1S/C42H37N3O8/c1-21-9-11-26(12-10-21)43-45-38(49)32-20-31-28(15-16-30-34(31)39(50)44(37(30)48)27-13-14-29(40(51)52)33(46)19-27)35(24-17-22(2)36(47)23(3)18-24)42(32,41(45)53)25-7-5-4-6-8-25/h4-15,17-19,30-32,34-35,43,46-47H,16,20H2,1-3H3,(H,51,52). The Morgan fingerprint density at radius 2 is 1.49 bits per heavy atom. The number of aromatic carboxylic acids is 1. The van der Waals surface area contributed by atoms with Crippen molar-refractivity contribution in [3.63, 3.8) is 0 Å². The first-order chi connectivity index (χ1) is 25.3. The molecule has 6 unspecified atom stereocenters. The molecule has 0 spiro atoms. The van der Waals surface area contributed by atoms with Gasteiger partial charge in [-0.2, -0.15) is 5.01 Å². The maximum Gasteiger partial charge on any atom is 0.339 e. The van der Waals surface area contributed by atoms with Gasteiger partial charge in [-0.15, -0.1) is 0 Å². The Bertz CT molecular complexity index is 2260. The molecule has 0 aromatic heterocycles. The Kier molecular flexibility index (Phi) is 7.79. The van der Waals surface area contributed by atoms with E-state index in [1.54, 1.807) is 26.0 Å². The number of imide groups is 2. The minimum absolute atomic E-state index is 0.0508. The molecule has 4 aromatic rings. The molecule has 2 heterocycles. The van der Waals surface area contributed by atoms with E-state index in [0.717, 1.165) is 33.2 Å². The molecule has 4 aromatic carbocycles. The van der Waals surface area contributed by atoms with Crippen LogP contribution in [0.25, 0.3) is 0 Å². The van der Waals surface area contributed by atoms with Gasteiger partial charge in [0.2, 0.25) is 11.8 Å². The van der Waals surface area contributed by atoms with E-state index in [1.807, 2.05) is 67.6 Å². The number of nitrogens with zero attached hydrogens (tertiary/aromatic N) is 2. The van der Waals surface area contributed by atoms with Gasteiger partial charge in [0.15, 0.2) is 0 Å². The molecule has 1 saturated carbocycles. The SMILES string of the molecule is Cc1ccc(NN2C(=O)C3CC4C(=CCC5C(=O)N(c6ccc(C(=O)O)c(O)c6)C(=O)C54)C(c4cc(C)c(O)c(C)c4)C3(c3ccccc3)C2=O)cc1. The third-order valence-electron chi connectivity index (χ3n) is 11.7. The van der Waals surface area contributed by atoms with Crippen molar-refractivity contribution in [2.75, 3.05) is 10.3 Å². The lowest BCUT2D eigenvalue weighted by molar-refractivity contribution is -0.138. The minimum Gasteiger partial charge on any atom is -0.507 e. The largest absolute Gasteiger partial charge is 0.507 e. The summed E-state index contributed by atoms with van der Waals surface area (Å²) in [7, 11) is 0. The van der Waals surface area contributed by atoms with Crippen molar-refractivity contribution >= 4 is 41.0 Å². The van der Waals surface area contributed by atoms with Gasteiger partial charge in [0, 0.05) is 12.0 Å². The van der Waals surface area contributed by atoms with Gasteiger partial charge in [-0.1, -0.05) is 71.8 Å². The van der Waals surface area contributed by atoms with Crippen molar-refractivity contribution in [1.82, 2.24) is 5.01 Å². The summed E-state index contributed by atoms with van der Waals surface area (Å²) in [6.07, 6.45) is 2.23. The minimum atomic E-state index is -1.45. The quantitative estimate of drug-likeness (QED) is 0.141. The lowest BCUT2D eigenvalue weighted by Crippen LogP contribution is -2.53. The highest BCUT2D eigenvalue weighted by Crippen LogP contribution is 2.64. The van der Waals surface area contributed by atoms with Gasteiger partial charge in [0.05, 0.1) is 34.5 Å². The Balaban J connectivity index is 1.31. The highest BCUT2D eigenvalue weighted by atomic mass is 16.4. The molecule has 11 nitrogen and oxygen atoms in total. The number of hydrazine groups is 1. The number of hydrogen-bond acceptors (Lipinski definition) is 8. The Hall–Kier alpha value is -6.23. The normalized spacial score (nSPS) is 26.2. The fraction of sp³-hybridized carbons (Fsp3) is 0.262. The topological polar surface area (TPSA) is 165 Å². The number of amides is 4. The number of aryl methyl sites for hydroxylation is 3. The van der Waals surface area contributed by atoms with Crippen molar-refractivity contribution in [2.45, 2.75) is 44.9 Å². The highest BCUT2D eigenvalue weighted by molar-refractivity contribution is 6.23. The molecule has 0 bridgehead atoms. The number of carbonyl (C=O) groups excluding carboxylic acids is 4. The van der Waals surface area contributed by atoms with Crippen LogP contribution in [0.3, 0.4) is 0 Å². The summed E-state index contributed by atoms with van der Waals surface area (Å²) in [5.41, 5.74) is 6.15. The van der Waals surface area contributed by atoms with Gasteiger partial charge in [-0.05, 0) is 86.1 Å². The smallest absolute Gasteiger partial charge is 0.339 e. The second-order valence-electron chi connectivity index (χ2n) is 14.6. The van der Waals surface area contributed by atoms with Crippen LogP contribution in [0.1, 0.15) is 56.9 Å². The monoisotopic (exact) mass is 711 g/mol. The van der Waals surface area contributed by atoms with Gasteiger partial charge in [0.1, 0.15) is 17.1 Å². The van der Waals surface area contributed by atoms with Gasteiger partial charge in [0.25, 0.3) is 11.8 Å². The lowest BCUT2D eigenvalue weighted by atomic mass is 9.49. The van der Waals surface area contributed by atoms with Crippen molar-refractivity contribution in [1.29, 1.82) is 0 Å². The van der Waals surface area contributed by atoms with Crippen LogP contribution in [0.5, 0.6) is 11.5 Å². The summed E-state index contributed by atoms with van der Waals surface area (Å²) in [4.78, 5) is 71.3. The van der Waals surface area contributed by atoms with Gasteiger partial charge >= 0.3 is 5.97 Å². The Morgan fingerprint density at radius 3 is 2.13 bits per heavy atom. The Morgan fingerprint density at radius 1 is 0.811 bits per heavy atom. The summed E-state index contributed by atoms with van der Waals surface area (Å²) in [5, 5.41) is 31.9. The Labute approximate surface area is 305 Å². The van der Waals surface area contributed by atoms with Gasteiger partial charge in [-0.3, -0.25) is 24.6 Å². The molecule has 2 aliphatic heterocycles. The number of phenols is 2. The number of hydrogen-bond donors (Lipinski definition) is 4. The number of carboxylic acid groups (broad SMARTS) is 1. The average molecular weight is 712 g/mol. The summed E-state index contributed by atoms with van der Waals surface area (Å²) in [5.74, 6) is -7.73. The van der Waals surface area contributed by atoms with Crippen molar-refractivity contribution in [3.8, 4) is 11.5 Å². The fourth-order valence-corrected chi connectivity index (χ4v) is 9.37. The molecule has 3 fully saturated rings. The predicted molar refractivity (Wildman–Crippen MR) is 194 cm³/mol. The number of fused-ring (bicyclic) bond motifs is 4. The van der Waals surface area contributed by atoms with Crippen LogP contribution in [-0.4, -0.2) is 49.9 Å². The van der Waals surface area contributed by atoms with Crippen LogP contribution in [0, 0.1) is 44.4 Å². The zero-order chi connectivity index (χ0) is 37.5. The van der Waals surface area contributed by atoms with Crippen molar-refractivity contribution in [3.05, 3.63) is 130 Å². The summed E-state index contributed by atoms with van der Waals surface area (Å²) < 4.78 is 0. The van der Waals surface area contributed by atoms with Crippen LogP contribution >= 0.6 is 0 Å². The zero-order valence-corrected chi connectivity index (χ0v) is 29.2. The number of rotatable bonds is 6. The molecule has 53 heavy (non-hydrogen) atoms. The number of aromatic hydroxyl groups is 2. The second kappa shape index (κ2) is 12.2. The summed E-state index contributed by atoms with van der Waals surface area (Å²) >= 11 is 0. The molecule has 268 valence electrons. The van der Waals surface area contributed by atoms with E-state index in [1.165, 1.54) is 6.07 Å². The van der Waals surface area contributed by atoms with Crippen LogP contribution in [0.4, 0.5) is 11.4 Å². The summed E-state index contributed by atoms with van der Waals surface area (Å²) in [6, 6.07) is 23.8. The number of anilines is 2. The van der Waals surface area contributed by atoms with E-state index in [4.69, 9.17) is 0 Å². The molecular formula is C42H37N3O8. The van der Waals surface area contributed by atoms with Crippen molar-refractivity contribution < 1.29 is 39.3 Å². The average Bonchev–Trinajstić information content (AvgIpc) is 3.52. The van der Waals surface area contributed by atoms with Gasteiger partial charge in [-0.25, -0.2) is 9.69 Å². The van der Waals surface area contributed by atoms with E-state index in [-0.39, 0.29) is 29.8 Å². The van der Waals surface area contributed by atoms with Gasteiger partial charge < -0.3 is 15.3 Å². The first-order valence-electron chi connectivity index (χ1n) is 17.6. The molecule has 4 aliphatic rings. The number of carboxylic acids is 1. The summed E-state index contributed by atoms with van der Waals surface area (Å²) in [6.45, 7) is 5.49. The third kappa shape index (κ3) is 4.90. The molecular weight excluding hydrogens is 674 g/mol. The molecule has 2 aliphatic carbocycles. The van der Waals surface area contributed by atoms with E-state index in [2.05, 4.69) is 5.43 Å². The molecule has 4 N–H and O–H groups in total. The maximum absolute atomic E-state index is 15.3. The number of nitrogens with one attached hydrogen (secondary N) is 1. The number of benzene rings is 4. The fourth-order valence-electron chi connectivity index (χ4n) is 9.37. The first-order valence-corrected chi connectivity index (χ1v) is 17.6. The van der Waals surface area contributed by atoms with Crippen LogP contribution < -0.4 is 10.3 Å². The van der Waals surface area contributed by atoms with Crippen LogP contribution in [0.2, 0.25) is 0 Å². The number of carbonyl (C=O) groups is 5. The zero-order valence-electron chi connectivity index (χ0n) is 29.2. The van der Waals surface area contributed by atoms with Crippen molar-refractivity contribution in [2.24, 2.45) is 23.7 Å². The van der Waals surface area contributed by atoms with E-state index in [9.17, 15) is 34.5 Å². The third-order valence-corrected chi connectivity index (χ3v) is 11.7. The second-order valence-corrected chi connectivity index (χ2v) is 14.6. The number of phenolic OH excluding ortho intramolecular Hbond substituents is 1.